The summed E-state index contributed by atoms with van der Waals surface area (Å²) in [4.78, 5) is 0.289. The number of aryl methyl sites for hydroxylation is 1. The third kappa shape index (κ3) is 2.79. The van der Waals surface area contributed by atoms with Crippen LogP contribution in [0.5, 0.6) is 0 Å². The Hall–Kier alpha value is -1.07. The maximum absolute atomic E-state index is 12.1. The highest BCUT2D eigenvalue weighted by atomic mass is 32.2. The molecule has 0 radical (unpaired) electrons. The minimum absolute atomic E-state index is 0.0119. The predicted octanol–water partition coefficient (Wildman–Crippen LogP) is 1.65. The van der Waals surface area contributed by atoms with Crippen LogP contribution < -0.4 is 10.5 Å². The Morgan fingerprint density at radius 1 is 1.41 bits per heavy atom. The smallest absolute Gasteiger partial charge is 0.240 e. The monoisotopic (exact) mass is 254 g/mol. The minimum Gasteiger partial charge on any atom is -0.399 e. The van der Waals surface area contributed by atoms with Crippen LogP contribution in [-0.4, -0.2) is 14.5 Å². The van der Waals surface area contributed by atoms with Crippen LogP contribution in [0.25, 0.3) is 0 Å². The zero-order valence-corrected chi connectivity index (χ0v) is 10.9. The molecule has 1 unspecified atom stereocenters. The van der Waals surface area contributed by atoms with Crippen molar-refractivity contribution in [1.29, 1.82) is 0 Å². The fourth-order valence-corrected chi connectivity index (χ4v) is 3.22. The van der Waals surface area contributed by atoms with Gasteiger partial charge in [-0.1, -0.05) is 0 Å². The fourth-order valence-electron chi connectivity index (χ4n) is 1.82. The molecule has 1 saturated carbocycles. The third-order valence-electron chi connectivity index (χ3n) is 3.22. The summed E-state index contributed by atoms with van der Waals surface area (Å²) in [7, 11) is -3.41. The molecule has 0 saturated heterocycles. The number of nitrogens with one attached hydrogen (secondary N) is 1. The number of hydrogen-bond acceptors (Lipinski definition) is 3. The molecule has 1 aliphatic carbocycles. The van der Waals surface area contributed by atoms with E-state index in [1.165, 1.54) is 0 Å². The Kier molecular flexibility index (Phi) is 3.14. The lowest BCUT2D eigenvalue weighted by Crippen LogP contribution is -2.34. The van der Waals surface area contributed by atoms with Crippen LogP contribution in [0.4, 0.5) is 5.69 Å². The summed E-state index contributed by atoms with van der Waals surface area (Å²) >= 11 is 0. The zero-order chi connectivity index (χ0) is 12.6. The second-order valence-electron chi connectivity index (χ2n) is 4.77. The van der Waals surface area contributed by atoms with E-state index in [0.29, 0.717) is 11.6 Å². The molecule has 0 aliphatic heterocycles. The van der Waals surface area contributed by atoms with Crippen LogP contribution in [0.15, 0.2) is 23.1 Å². The molecule has 5 heteroatoms. The number of rotatable bonds is 4. The first kappa shape index (κ1) is 12.4. The normalized spacial score (nSPS) is 18.0. The maximum Gasteiger partial charge on any atom is 0.240 e. The average Bonchev–Trinajstić information content (AvgIpc) is 3.04. The molecule has 0 aromatic heterocycles. The Balaban J connectivity index is 2.21. The van der Waals surface area contributed by atoms with Crippen molar-refractivity contribution < 1.29 is 8.42 Å². The first-order valence-corrected chi connectivity index (χ1v) is 7.27. The van der Waals surface area contributed by atoms with Gasteiger partial charge in [-0.05, 0) is 56.4 Å². The standard InChI is InChI=1S/C12H18N2O2S/c1-8-7-11(5-6-12(8)13)17(15,16)14-9(2)10-3-4-10/h5-7,9-10,14H,3-4,13H2,1-2H3. The lowest BCUT2D eigenvalue weighted by atomic mass is 10.2. The molecule has 94 valence electrons. The summed E-state index contributed by atoms with van der Waals surface area (Å²) in [6.07, 6.45) is 2.23. The molecule has 2 rings (SSSR count). The second kappa shape index (κ2) is 4.31. The van der Waals surface area contributed by atoms with Crippen LogP contribution in [0.2, 0.25) is 0 Å². The van der Waals surface area contributed by atoms with E-state index in [9.17, 15) is 8.42 Å². The highest BCUT2D eigenvalue weighted by molar-refractivity contribution is 7.89. The van der Waals surface area contributed by atoms with E-state index in [4.69, 9.17) is 5.73 Å². The molecule has 0 spiro atoms. The Morgan fingerprint density at radius 3 is 2.59 bits per heavy atom. The van der Waals surface area contributed by atoms with Crippen molar-refractivity contribution in [3.8, 4) is 0 Å². The van der Waals surface area contributed by atoms with Crippen molar-refractivity contribution in [3.05, 3.63) is 23.8 Å². The molecule has 0 heterocycles. The minimum atomic E-state index is -3.41. The van der Waals surface area contributed by atoms with Crippen molar-refractivity contribution in [3.63, 3.8) is 0 Å². The van der Waals surface area contributed by atoms with E-state index in [-0.39, 0.29) is 10.9 Å². The van der Waals surface area contributed by atoms with Crippen LogP contribution in [0.1, 0.15) is 25.3 Å². The molecule has 17 heavy (non-hydrogen) atoms. The van der Waals surface area contributed by atoms with E-state index in [2.05, 4.69) is 4.72 Å². The van der Waals surface area contributed by atoms with Gasteiger partial charge in [0, 0.05) is 11.7 Å². The summed E-state index contributed by atoms with van der Waals surface area (Å²) in [6, 6.07) is 4.80. The maximum atomic E-state index is 12.1. The highest BCUT2D eigenvalue weighted by Crippen LogP contribution is 2.33. The Labute approximate surface area is 102 Å². The summed E-state index contributed by atoms with van der Waals surface area (Å²) in [6.45, 7) is 3.72. The van der Waals surface area contributed by atoms with Crippen LogP contribution in [0.3, 0.4) is 0 Å². The molecule has 1 atom stereocenters. The summed E-state index contributed by atoms with van der Waals surface area (Å²) in [5.74, 6) is 0.500. The Bertz CT molecular complexity index is 521. The molecule has 1 fully saturated rings. The second-order valence-corrected chi connectivity index (χ2v) is 6.48. The summed E-state index contributed by atoms with van der Waals surface area (Å²) in [5.41, 5.74) is 7.07. The lowest BCUT2D eigenvalue weighted by molar-refractivity contribution is 0.538. The largest absolute Gasteiger partial charge is 0.399 e. The molecule has 3 N–H and O–H groups in total. The lowest BCUT2D eigenvalue weighted by Gasteiger charge is -2.14. The average molecular weight is 254 g/mol. The summed E-state index contributed by atoms with van der Waals surface area (Å²) in [5, 5.41) is 0. The van der Waals surface area contributed by atoms with Gasteiger partial charge in [-0.15, -0.1) is 0 Å². The van der Waals surface area contributed by atoms with E-state index in [1.807, 2.05) is 6.92 Å². The van der Waals surface area contributed by atoms with Gasteiger partial charge in [0.05, 0.1) is 4.90 Å². The molecule has 0 amide bonds. The van der Waals surface area contributed by atoms with Crippen molar-refractivity contribution in [2.75, 3.05) is 5.73 Å². The zero-order valence-electron chi connectivity index (χ0n) is 10.1. The number of nitrogen functional groups attached to an aromatic ring is 1. The molecule has 0 bridgehead atoms. The van der Waals surface area contributed by atoms with Crippen LogP contribution in [-0.2, 0) is 10.0 Å². The topological polar surface area (TPSA) is 72.2 Å². The van der Waals surface area contributed by atoms with Crippen LogP contribution in [0, 0.1) is 12.8 Å². The van der Waals surface area contributed by atoms with Gasteiger partial charge in [-0.2, -0.15) is 0 Å². The number of sulfonamides is 1. The van der Waals surface area contributed by atoms with E-state index < -0.39 is 10.0 Å². The molecule has 1 aliphatic rings. The van der Waals surface area contributed by atoms with Crippen LogP contribution >= 0.6 is 0 Å². The fraction of sp³-hybridized carbons (Fsp3) is 0.500. The third-order valence-corrected chi connectivity index (χ3v) is 4.78. The summed E-state index contributed by atoms with van der Waals surface area (Å²) < 4.78 is 26.9. The van der Waals surface area contributed by atoms with Crippen molar-refractivity contribution in [2.24, 2.45) is 5.92 Å². The molecular weight excluding hydrogens is 236 g/mol. The van der Waals surface area contributed by atoms with Crippen molar-refractivity contribution >= 4 is 15.7 Å². The van der Waals surface area contributed by atoms with E-state index >= 15 is 0 Å². The highest BCUT2D eigenvalue weighted by Gasteiger charge is 2.31. The van der Waals surface area contributed by atoms with Gasteiger partial charge < -0.3 is 5.73 Å². The number of nitrogens with two attached hydrogens (primary N) is 1. The SMILES string of the molecule is Cc1cc(S(=O)(=O)NC(C)C2CC2)ccc1N. The van der Waals surface area contributed by atoms with Gasteiger partial charge in [-0.3, -0.25) is 0 Å². The van der Waals surface area contributed by atoms with Gasteiger partial charge in [0.15, 0.2) is 0 Å². The van der Waals surface area contributed by atoms with Crippen molar-refractivity contribution in [1.82, 2.24) is 4.72 Å². The molecule has 1 aromatic rings. The predicted molar refractivity (Wildman–Crippen MR) is 68.1 cm³/mol. The molecule has 4 nitrogen and oxygen atoms in total. The number of hydrogen-bond donors (Lipinski definition) is 2. The first-order chi connectivity index (χ1) is 7.90. The number of anilines is 1. The number of benzene rings is 1. The van der Waals surface area contributed by atoms with E-state index in [1.54, 1.807) is 25.1 Å². The van der Waals surface area contributed by atoms with Gasteiger partial charge in [0.2, 0.25) is 10.0 Å². The Morgan fingerprint density at radius 2 is 2.06 bits per heavy atom. The van der Waals surface area contributed by atoms with Gasteiger partial charge in [0.1, 0.15) is 0 Å². The molecule has 1 aromatic carbocycles. The van der Waals surface area contributed by atoms with E-state index in [0.717, 1.165) is 18.4 Å². The molecular formula is C12H18N2O2S. The van der Waals surface area contributed by atoms with Gasteiger partial charge >= 0.3 is 0 Å². The quantitative estimate of drug-likeness (QED) is 0.803. The van der Waals surface area contributed by atoms with Gasteiger partial charge in [-0.25, -0.2) is 13.1 Å². The first-order valence-electron chi connectivity index (χ1n) is 5.78. The van der Waals surface area contributed by atoms with Gasteiger partial charge in [0.25, 0.3) is 0 Å². The van der Waals surface area contributed by atoms with Crippen molar-refractivity contribution in [2.45, 2.75) is 37.6 Å².